The van der Waals surface area contributed by atoms with E-state index >= 15 is 0 Å². The van der Waals surface area contributed by atoms with Gasteiger partial charge in [0.25, 0.3) is 0 Å². The normalized spacial score (nSPS) is 13.6. The van der Waals surface area contributed by atoms with Crippen molar-refractivity contribution in [3.8, 4) is 0 Å². The second-order valence-electron chi connectivity index (χ2n) is 3.63. The molecule has 0 aliphatic heterocycles. The number of rotatable bonds is 2. The zero-order valence-corrected chi connectivity index (χ0v) is 12.8. The first kappa shape index (κ1) is 14.1. The Morgan fingerprint density at radius 1 is 1.11 bits per heavy atom. The van der Waals surface area contributed by atoms with Crippen LogP contribution in [0.5, 0.6) is 0 Å². The predicted octanol–water partition coefficient (Wildman–Crippen LogP) is 6.01. The maximum absolute atomic E-state index is 12.6. The summed E-state index contributed by atoms with van der Waals surface area (Å²) in [4.78, 5) is 0.734. The highest BCUT2D eigenvalue weighted by molar-refractivity contribution is 9.11. The molecule has 0 aliphatic rings. The van der Waals surface area contributed by atoms with Crippen molar-refractivity contribution in [1.82, 2.24) is 0 Å². The molecular weight excluding hydrogens is 393 g/mol. The third-order valence-corrected chi connectivity index (χ3v) is 5.36. The predicted molar refractivity (Wildman–Crippen MR) is 74.2 cm³/mol. The van der Waals surface area contributed by atoms with Gasteiger partial charge in [0, 0.05) is 4.88 Å². The van der Waals surface area contributed by atoms with E-state index in [1.54, 1.807) is 6.07 Å². The van der Waals surface area contributed by atoms with Crippen LogP contribution in [-0.2, 0) is 6.18 Å². The summed E-state index contributed by atoms with van der Waals surface area (Å²) in [6, 6.07) is 9.12. The van der Waals surface area contributed by atoms with Crippen molar-refractivity contribution < 1.29 is 13.2 Å². The Balaban J connectivity index is 2.34. The van der Waals surface area contributed by atoms with E-state index in [9.17, 15) is 13.2 Å². The van der Waals surface area contributed by atoms with Crippen LogP contribution >= 0.6 is 43.2 Å². The van der Waals surface area contributed by atoms with Gasteiger partial charge in [0.1, 0.15) is 0 Å². The Bertz CT molecular complexity index is 548. The molecule has 2 aromatic rings. The summed E-state index contributed by atoms with van der Waals surface area (Å²) in [7, 11) is 0. The summed E-state index contributed by atoms with van der Waals surface area (Å²) in [6.45, 7) is 0. The molecule has 1 unspecified atom stereocenters. The molecule has 2 rings (SSSR count). The van der Waals surface area contributed by atoms with Crippen LogP contribution in [0, 0.1) is 0 Å². The molecule has 1 aromatic carbocycles. The molecule has 0 amide bonds. The zero-order valence-electron chi connectivity index (χ0n) is 8.84. The van der Waals surface area contributed by atoms with Gasteiger partial charge in [0.15, 0.2) is 0 Å². The van der Waals surface area contributed by atoms with E-state index in [2.05, 4.69) is 31.9 Å². The minimum absolute atomic E-state index is 0.226. The first-order chi connectivity index (χ1) is 8.38. The molecule has 0 fully saturated rings. The third kappa shape index (κ3) is 3.16. The standard InChI is InChI=1S/C12H7Br2F3S/c13-10-5-4-9(18-10)11(14)7-2-1-3-8(6-7)12(15,16)17/h1-6,11H. The van der Waals surface area contributed by atoms with Crippen molar-refractivity contribution >= 4 is 43.2 Å². The summed E-state index contributed by atoms with van der Waals surface area (Å²) < 4.78 is 38.8. The molecule has 0 nitrogen and oxygen atoms in total. The van der Waals surface area contributed by atoms with Crippen LogP contribution < -0.4 is 0 Å². The van der Waals surface area contributed by atoms with Crippen molar-refractivity contribution in [3.05, 3.63) is 56.2 Å². The van der Waals surface area contributed by atoms with Crippen LogP contribution in [0.15, 0.2) is 40.2 Å². The Labute approximate surface area is 123 Å². The summed E-state index contributed by atoms with van der Waals surface area (Å²) >= 11 is 8.26. The van der Waals surface area contributed by atoms with Gasteiger partial charge in [-0.2, -0.15) is 13.2 Å². The van der Waals surface area contributed by atoms with Crippen molar-refractivity contribution in [2.45, 2.75) is 11.0 Å². The number of hydrogen-bond acceptors (Lipinski definition) is 1. The molecule has 1 aromatic heterocycles. The number of alkyl halides is 4. The second-order valence-corrected chi connectivity index (χ2v) is 7.04. The molecule has 0 saturated carbocycles. The Morgan fingerprint density at radius 2 is 1.83 bits per heavy atom. The van der Waals surface area contributed by atoms with E-state index < -0.39 is 11.7 Å². The lowest BCUT2D eigenvalue weighted by Gasteiger charge is -2.12. The Morgan fingerprint density at radius 3 is 2.39 bits per heavy atom. The van der Waals surface area contributed by atoms with Crippen LogP contribution in [0.1, 0.15) is 20.8 Å². The van der Waals surface area contributed by atoms with E-state index in [4.69, 9.17) is 0 Å². The molecule has 1 atom stereocenters. The molecule has 1 heterocycles. The zero-order chi connectivity index (χ0) is 13.3. The molecule has 0 bridgehead atoms. The number of hydrogen-bond donors (Lipinski definition) is 0. The average molecular weight is 400 g/mol. The average Bonchev–Trinajstić information content (AvgIpc) is 2.74. The van der Waals surface area contributed by atoms with E-state index in [-0.39, 0.29) is 4.83 Å². The molecule has 0 aliphatic carbocycles. The van der Waals surface area contributed by atoms with Gasteiger partial charge in [-0.25, -0.2) is 0 Å². The van der Waals surface area contributed by atoms with Gasteiger partial charge in [-0.3, -0.25) is 0 Å². The van der Waals surface area contributed by atoms with Gasteiger partial charge in [-0.1, -0.05) is 34.1 Å². The second kappa shape index (κ2) is 5.35. The van der Waals surface area contributed by atoms with Crippen LogP contribution in [0.3, 0.4) is 0 Å². The minimum atomic E-state index is -4.31. The monoisotopic (exact) mass is 398 g/mol. The fourth-order valence-electron chi connectivity index (χ4n) is 1.50. The van der Waals surface area contributed by atoms with Crippen LogP contribution in [0.25, 0.3) is 0 Å². The summed E-state index contributed by atoms with van der Waals surface area (Å²) in [5.74, 6) is 0. The highest BCUT2D eigenvalue weighted by Gasteiger charge is 2.31. The molecule has 6 heteroatoms. The smallest absolute Gasteiger partial charge is 0.166 e. The van der Waals surface area contributed by atoms with Crippen molar-refractivity contribution in [1.29, 1.82) is 0 Å². The van der Waals surface area contributed by atoms with Gasteiger partial charge < -0.3 is 0 Å². The molecule has 0 saturated heterocycles. The SMILES string of the molecule is FC(F)(F)c1cccc(C(Br)c2ccc(Br)s2)c1. The molecule has 0 N–H and O–H groups in total. The molecule has 18 heavy (non-hydrogen) atoms. The van der Waals surface area contributed by atoms with Crippen molar-refractivity contribution in [2.75, 3.05) is 0 Å². The van der Waals surface area contributed by atoms with Gasteiger partial charge >= 0.3 is 6.18 Å². The van der Waals surface area contributed by atoms with E-state index in [0.717, 1.165) is 14.7 Å². The lowest BCUT2D eigenvalue weighted by Crippen LogP contribution is -2.05. The van der Waals surface area contributed by atoms with Gasteiger partial charge in [0.2, 0.25) is 0 Å². The maximum Gasteiger partial charge on any atom is 0.416 e. The van der Waals surface area contributed by atoms with E-state index in [0.29, 0.717) is 5.56 Å². The molecule has 96 valence electrons. The largest absolute Gasteiger partial charge is 0.416 e. The first-order valence-corrected chi connectivity index (χ1v) is 7.47. The highest BCUT2D eigenvalue weighted by atomic mass is 79.9. The Kier molecular flexibility index (Phi) is 4.18. The summed E-state index contributed by atoms with van der Waals surface area (Å²) in [5, 5.41) is 0. The quantitative estimate of drug-likeness (QED) is 0.542. The number of thiophene rings is 1. The van der Waals surface area contributed by atoms with Gasteiger partial charge in [0.05, 0.1) is 14.2 Å². The molecule has 0 spiro atoms. The minimum Gasteiger partial charge on any atom is -0.166 e. The van der Waals surface area contributed by atoms with Crippen molar-refractivity contribution in [3.63, 3.8) is 0 Å². The van der Waals surface area contributed by atoms with Crippen LogP contribution in [0.4, 0.5) is 13.2 Å². The highest BCUT2D eigenvalue weighted by Crippen LogP contribution is 2.39. The van der Waals surface area contributed by atoms with E-state index in [1.807, 2.05) is 12.1 Å². The van der Waals surface area contributed by atoms with Crippen LogP contribution in [-0.4, -0.2) is 0 Å². The van der Waals surface area contributed by atoms with Crippen molar-refractivity contribution in [2.24, 2.45) is 0 Å². The summed E-state index contributed by atoms with van der Waals surface area (Å²) in [5.41, 5.74) is -0.0285. The summed E-state index contributed by atoms with van der Waals surface area (Å²) in [6.07, 6.45) is -4.31. The first-order valence-electron chi connectivity index (χ1n) is 4.94. The lowest BCUT2D eigenvalue weighted by atomic mass is 10.1. The van der Waals surface area contributed by atoms with E-state index in [1.165, 1.54) is 23.5 Å². The fraction of sp³-hybridized carbons (Fsp3) is 0.167. The Hall–Kier alpha value is -0.330. The van der Waals surface area contributed by atoms with Gasteiger partial charge in [-0.15, -0.1) is 11.3 Å². The lowest BCUT2D eigenvalue weighted by molar-refractivity contribution is -0.137. The molecular formula is C12H7Br2F3S. The molecule has 0 radical (unpaired) electrons. The number of halogens is 5. The third-order valence-electron chi connectivity index (χ3n) is 2.35. The topological polar surface area (TPSA) is 0 Å². The van der Waals surface area contributed by atoms with Gasteiger partial charge in [-0.05, 0) is 39.7 Å². The van der Waals surface area contributed by atoms with Crippen LogP contribution in [0.2, 0.25) is 0 Å². The maximum atomic E-state index is 12.6. The fourth-order valence-corrected chi connectivity index (χ4v) is 3.65. The number of benzene rings is 1.